The van der Waals surface area contributed by atoms with Gasteiger partial charge in [-0.05, 0) is 12.1 Å². The van der Waals surface area contributed by atoms with E-state index in [2.05, 4.69) is 11.7 Å². The number of nitrogen functional groups attached to an aromatic ring is 2. The fourth-order valence-electron chi connectivity index (χ4n) is 1.03. The van der Waals surface area contributed by atoms with E-state index in [0.29, 0.717) is 0 Å². The number of benzene rings is 1. The van der Waals surface area contributed by atoms with Crippen LogP contribution in [0.2, 0.25) is 0 Å². The summed E-state index contributed by atoms with van der Waals surface area (Å²) in [7, 11) is 0. The highest BCUT2D eigenvalue weighted by molar-refractivity contribution is 6.06. The molecule has 16 heavy (non-hydrogen) atoms. The molecule has 0 aliphatic heterocycles. The third-order valence-electron chi connectivity index (χ3n) is 1.68. The molecule has 88 valence electrons. The number of hydrogen-bond donors (Lipinski definition) is 6. The van der Waals surface area contributed by atoms with Gasteiger partial charge in [-0.3, -0.25) is 32.1 Å². The molecule has 1 aromatic carbocycles. The highest BCUT2D eigenvalue weighted by atomic mass is 16.2. The number of carbonyl (C=O) groups is 2. The number of nitrogens with one attached hydrogen (secondary N) is 2. The van der Waals surface area contributed by atoms with Crippen molar-refractivity contribution >= 4 is 11.8 Å². The Hall–Kier alpha value is -2.00. The van der Waals surface area contributed by atoms with Crippen molar-refractivity contribution < 1.29 is 9.59 Å². The predicted molar refractivity (Wildman–Crippen MR) is 58.1 cm³/mol. The summed E-state index contributed by atoms with van der Waals surface area (Å²) in [5.41, 5.74) is 4.24. The molecule has 8 heteroatoms. The summed E-state index contributed by atoms with van der Waals surface area (Å²) in [4.78, 5) is 22.4. The first-order chi connectivity index (χ1) is 7.70. The quantitative estimate of drug-likeness (QED) is 0.189. The second kappa shape index (κ2) is 7.31. The maximum absolute atomic E-state index is 11.2. The van der Waals surface area contributed by atoms with Gasteiger partial charge in [0.1, 0.15) is 0 Å². The van der Waals surface area contributed by atoms with Crippen LogP contribution in [0.1, 0.15) is 20.7 Å². The van der Waals surface area contributed by atoms with Gasteiger partial charge in [0.25, 0.3) is 11.8 Å². The standard InChI is InChI=1S/C8H10N4O2.H4N2/c9-11-7(13)5-3-1-2-4-6(5)8(14)12-10;1-2/h1-4H,9-10H2,(H,11,13)(H,12,14);1-2H2. The normalized spacial score (nSPS) is 8.50. The molecular formula is C8H14N6O2. The Balaban J connectivity index is 0.00000106. The van der Waals surface area contributed by atoms with Gasteiger partial charge in [-0.25, -0.2) is 11.7 Å². The van der Waals surface area contributed by atoms with E-state index in [9.17, 15) is 9.59 Å². The van der Waals surface area contributed by atoms with Crippen LogP contribution >= 0.6 is 0 Å². The molecule has 0 aliphatic carbocycles. The average molecular weight is 226 g/mol. The van der Waals surface area contributed by atoms with Crippen LogP contribution in [0.4, 0.5) is 0 Å². The molecule has 0 heterocycles. The van der Waals surface area contributed by atoms with Gasteiger partial charge in [0.05, 0.1) is 11.1 Å². The van der Waals surface area contributed by atoms with Gasteiger partial charge >= 0.3 is 0 Å². The van der Waals surface area contributed by atoms with Gasteiger partial charge < -0.3 is 0 Å². The molecule has 0 unspecified atom stereocenters. The second-order valence-corrected chi connectivity index (χ2v) is 2.49. The van der Waals surface area contributed by atoms with Crippen LogP contribution in [0.15, 0.2) is 24.3 Å². The Kier molecular flexibility index (Phi) is 6.40. The molecule has 0 radical (unpaired) electrons. The van der Waals surface area contributed by atoms with Gasteiger partial charge in [0.2, 0.25) is 0 Å². The fourth-order valence-corrected chi connectivity index (χ4v) is 1.03. The first-order valence-electron chi connectivity index (χ1n) is 4.15. The van der Waals surface area contributed by atoms with Crippen molar-refractivity contribution in [1.29, 1.82) is 0 Å². The largest absolute Gasteiger partial charge is 0.290 e. The Morgan fingerprint density at radius 3 is 1.44 bits per heavy atom. The molecule has 0 fully saturated rings. The SMILES string of the molecule is NN.NNC(=O)c1ccccc1C(=O)NN. The average Bonchev–Trinajstić information content (AvgIpc) is 2.39. The van der Waals surface area contributed by atoms with E-state index in [1.807, 2.05) is 10.9 Å². The summed E-state index contributed by atoms with van der Waals surface area (Å²) < 4.78 is 0. The van der Waals surface area contributed by atoms with Gasteiger partial charge in [-0.15, -0.1) is 0 Å². The Morgan fingerprint density at radius 1 is 0.875 bits per heavy atom. The summed E-state index contributed by atoms with van der Waals surface area (Å²) in [6, 6.07) is 6.20. The summed E-state index contributed by atoms with van der Waals surface area (Å²) >= 11 is 0. The van der Waals surface area contributed by atoms with Crippen molar-refractivity contribution in [2.75, 3.05) is 0 Å². The van der Waals surface area contributed by atoms with E-state index in [0.717, 1.165) is 0 Å². The summed E-state index contributed by atoms with van der Waals surface area (Å²) in [5, 5.41) is 0. The van der Waals surface area contributed by atoms with E-state index < -0.39 is 11.8 Å². The zero-order chi connectivity index (χ0) is 12.6. The highest BCUT2D eigenvalue weighted by Gasteiger charge is 2.14. The molecule has 10 N–H and O–H groups in total. The molecule has 2 amide bonds. The van der Waals surface area contributed by atoms with Crippen LogP contribution in [0.25, 0.3) is 0 Å². The van der Waals surface area contributed by atoms with Gasteiger partial charge in [-0.1, -0.05) is 12.1 Å². The minimum absolute atomic E-state index is 0.179. The maximum Gasteiger partial charge on any atom is 0.265 e. The number of carbonyl (C=O) groups excluding carboxylic acids is 2. The molecular weight excluding hydrogens is 212 g/mol. The zero-order valence-corrected chi connectivity index (χ0v) is 8.44. The van der Waals surface area contributed by atoms with Crippen molar-refractivity contribution in [3.05, 3.63) is 35.4 Å². The van der Waals surface area contributed by atoms with E-state index in [-0.39, 0.29) is 11.1 Å². The van der Waals surface area contributed by atoms with E-state index in [1.54, 1.807) is 12.1 Å². The maximum atomic E-state index is 11.2. The van der Waals surface area contributed by atoms with Gasteiger partial charge in [0, 0.05) is 0 Å². The molecule has 0 saturated carbocycles. The van der Waals surface area contributed by atoms with Crippen molar-refractivity contribution in [1.82, 2.24) is 10.9 Å². The van der Waals surface area contributed by atoms with E-state index >= 15 is 0 Å². The van der Waals surface area contributed by atoms with Crippen molar-refractivity contribution in [2.45, 2.75) is 0 Å². The summed E-state index contributed by atoms with van der Waals surface area (Å²) in [5.74, 6) is 16.8. The fraction of sp³-hybridized carbons (Fsp3) is 0. The Morgan fingerprint density at radius 2 is 1.19 bits per heavy atom. The lowest BCUT2D eigenvalue weighted by Gasteiger charge is -2.05. The number of rotatable bonds is 2. The first kappa shape index (κ1) is 14.0. The van der Waals surface area contributed by atoms with Crippen LogP contribution in [0.5, 0.6) is 0 Å². The molecule has 0 saturated heterocycles. The van der Waals surface area contributed by atoms with Crippen LogP contribution in [0.3, 0.4) is 0 Å². The monoisotopic (exact) mass is 226 g/mol. The number of nitrogens with two attached hydrogens (primary N) is 4. The molecule has 1 aromatic rings. The molecule has 8 nitrogen and oxygen atoms in total. The van der Waals surface area contributed by atoms with Gasteiger partial charge in [-0.2, -0.15) is 0 Å². The molecule has 0 aromatic heterocycles. The minimum Gasteiger partial charge on any atom is -0.290 e. The number of amides is 2. The summed E-state index contributed by atoms with van der Waals surface area (Å²) in [6.07, 6.45) is 0. The molecule has 0 spiro atoms. The van der Waals surface area contributed by atoms with Crippen LogP contribution in [-0.4, -0.2) is 11.8 Å². The lowest BCUT2D eigenvalue weighted by atomic mass is 10.1. The minimum atomic E-state index is -0.538. The Bertz CT molecular complexity index is 332. The second-order valence-electron chi connectivity index (χ2n) is 2.49. The molecule has 0 bridgehead atoms. The van der Waals surface area contributed by atoms with Crippen molar-refractivity contribution in [3.8, 4) is 0 Å². The van der Waals surface area contributed by atoms with E-state index in [1.165, 1.54) is 12.1 Å². The van der Waals surface area contributed by atoms with Crippen LogP contribution in [-0.2, 0) is 0 Å². The Labute approximate surface area is 91.9 Å². The van der Waals surface area contributed by atoms with Crippen molar-refractivity contribution in [3.63, 3.8) is 0 Å². The molecule has 0 aliphatic rings. The lowest BCUT2D eigenvalue weighted by molar-refractivity contribution is 0.0919. The van der Waals surface area contributed by atoms with Crippen molar-refractivity contribution in [2.24, 2.45) is 23.4 Å². The first-order valence-corrected chi connectivity index (χ1v) is 4.15. The van der Waals surface area contributed by atoms with Gasteiger partial charge in [0.15, 0.2) is 0 Å². The topological polar surface area (TPSA) is 162 Å². The molecule has 1 rings (SSSR count). The van der Waals surface area contributed by atoms with Crippen LogP contribution in [0, 0.1) is 0 Å². The predicted octanol–water partition coefficient (Wildman–Crippen LogP) is -2.29. The van der Waals surface area contributed by atoms with Crippen LogP contribution < -0.4 is 34.2 Å². The summed E-state index contributed by atoms with van der Waals surface area (Å²) in [6.45, 7) is 0. The highest BCUT2D eigenvalue weighted by Crippen LogP contribution is 2.07. The van der Waals surface area contributed by atoms with E-state index in [4.69, 9.17) is 11.7 Å². The lowest BCUT2D eigenvalue weighted by Crippen LogP contribution is -2.35. The third kappa shape index (κ3) is 3.29. The number of hydrazine groups is 3. The smallest absolute Gasteiger partial charge is 0.265 e. The number of hydrogen-bond acceptors (Lipinski definition) is 6. The third-order valence-corrected chi connectivity index (χ3v) is 1.68. The molecule has 0 atom stereocenters. The zero-order valence-electron chi connectivity index (χ0n) is 8.44.